The van der Waals surface area contributed by atoms with E-state index in [-0.39, 0.29) is 11.2 Å². The van der Waals surface area contributed by atoms with Crippen LogP contribution in [-0.4, -0.2) is 33.2 Å². The highest BCUT2D eigenvalue weighted by molar-refractivity contribution is 7.16. The largest absolute Gasteiger partial charge is 0.356 e. The lowest BCUT2D eigenvalue weighted by Crippen LogP contribution is -3.12. The summed E-state index contributed by atoms with van der Waals surface area (Å²) in [6.45, 7) is 3.83. The molecule has 1 aromatic carbocycles. The molecule has 100 valence electrons. The van der Waals surface area contributed by atoms with E-state index >= 15 is 0 Å². The summed E-state index contributed by atoms with van der Waals surface area (Å²) in [7, 11) is 2.16. The quantitative estimate of drug-likeness (QED) is 0.832. The van der Waals surface area contributed by atoms with Gasteiger partial charge in [0.15, 0.2) is 0 Å². The summed E-state index contributed by atoms with van der Waals surface area (Å²) in [6, 6.07) is 4.42. The molecule has 5 heteroatoms. The second-order valence-electron chi connectivity index (χ2n) is 5.03. The maximum atomic E-state index is 13.3. The number of rotatable bonds is 1. The molecule has 0 amide bonds. The van der Waals surface area contributed by atoms with Gasteiger partial charge in [0.2, 0.25) is 5.43 Å². The number of nitrogens with zero attached hydrogens (tertiary/aromatic N) is 1. The maximum Gasteiger partial charge on any atom is 0.211 e. The van der Waals surface area contributed by atoms with Gasteiger partial charge in [-0.2, -0.15) is 0 Å². The van der Waals surface area contributed by atoms with Crippen molar-refractivity contribution in [3.05, 3.63) is 39.6 Å². The van der Waals surface area contributed by atoms with Crippen molar-refractivity contribution in [2.45, 2.75) is 0 Å². The van der Waals surface area contributed by atoms with Crippen molar-refractivity contribution in [2.75, 3.05) is 38.1 Å². The Kier molecular flexibility index (Phi) is 3.24. The number of benzene rings is 1. The van der Waals surface area contributed by atoms with Gasteiger partial charge in [0, 0.05) is 15.5 Å². The number of anilines is 1. The number of nitrogens with one attached hydrogen (secondary N) is 1. The first-order valence-corrected chi connectivity index (χ1v) is 7.30. The molecule has 0 aliphatic carbocycles. The minimum Gasteiger partial charge on any atom is -0.356 e. The highest BCUT2D eigenvalue weighted by Crippen LogP contribution is 2.22. The van der Waals surface area contributed by atoms with Gasteiger partial charge in [-0.25, -0.2) is 4.39 Å². The zero-order valence-corrected chi connectivity index (χ0v) is 11.6. The lowest BCUT2D eigenvalue weighted by Gasteiger charge is -2.31. The van der Waals surface area contributed by atoms with Crippen molar-refractivity contribution in [1.29, 1.82) is 0 Å². The molecule has 3 nitrogen and oxygen atoms in total. The van der Waals surface area contributed by atoms with Crippen LogP contribution in [0, 0.1) is 5.82 Å². The molecule has 0 radical (unpaired) electrons. The second-order valence-corrected chi connectivity index (χ2v) is 5.95. The summed E-state index contributed by atoms with van der Waals surface area (Å²) in [5.74, 6) is -0.350. The van der Waals surface area contributed by atoms with Gasteiger partial charge in [-0.15, -0.1) is 11.3 Å². The molecule has 1 fully saturated rings. The maximum absolute atomic E-state index is 13.3. The molecule has 1 saturated heterocycles. The van der Waals surface area contributed by atoms with E-state index in [1.54, 1.807) is 6.07 Å². The van der Waals surface area contributed by atoms with Crippen LogP contribution >= 0.6 is 11.3 Å². The van der Waals surface area contributed by atoms with Crippen LogP contribution in [0.4, 0.5) is 10.1 Å². The summed E-state index contributed by atoms with van der Waals surface area (Å²) < 4.78 is 14.1. The Morgan fingerprint density at radius 3 is 2.79 bits per heavy atom. The minimum absolute atomic E-state index is 0.0483. The van der Waals surface area contributed by atoms with Gasteiger partial charge in [0.05, 0.1) is 38.9 Å². The minimum atomic E-state index is -0.350. The van der Waals surface area contributed by atoms with Gasteiger partial charge in [-0.05, 0) is 18.2 Å². The molecule has 1 aromatic heterocycles. The zero-order chi connectivity index (χ0) is 13.4. The predicted molar refractivity (Wildman–Crippen MR) is 76.9 cm³/mol. The predicted octanol–water partition coefficient (Wildman–Crippen LogP) is 0.735. The van der Waals surface area contributed by atoms with Crippen LogP contribution < -0.4 is 15.2 Å². The molecule has 2 aromatic rings. The number of fused-ring (bicyclic) bond motifs is 1. The molecule has 19 heavy (non-hydrogen) atoms. The van der Waals surface area contributed by atoms with E-state index < -0.39 is 0 Å². The normalized spacial score (nSPS) is 17.1. The van der Waals surface area contributed by atoms with Crippen molar-refractivity contribution in [2.24, 2.45) is 0 Å². The molecule has 0 bridgehead atoms. The Morgan fingerprint density at radius 1 is 1.32 bits per heavy atom. The van der Waals surface area contributed by atoms with Gasteiger partial charge in [-0.3, -0.25) is 4.79 Å². The van der Waals surface area contributed by atoms with Crippen LogP contribution in [-0.2, 0) is 0 Å². The third kappa shape index (κ3) is 2.35. The fourth-order valence-corrected chi connectivity index (χ4v) is 3.36. The fourth-order valence-electron chi connectivity index (χ4n) is 2.44. The molecule has 0 unspecified atom stereocenters. The van der Waals surface area contributed by atoms with Gasteiger partial charge in [-0.1, -0.05) is 0 Å². The first kappa shape index (κ1) is 12.6. The Labute approximate surface area is 114 Å². The molecular weight excluding hydrogens is 263 g/mol. The lowest BCUT2D eigenvalue weighted by atomic mass is 10.2. The summed E-state index contributed by atoms with van der Waals surface area (Å²) in [4.78, 5) is 16.1. The third-order valence-corrected chi connectivity index (χ3v) is 4.63. The molecule has 2 heterocycles. The Morgan fingerprint density at radius 2 is 2.05 bits per heavy atom. The van der Waals surface area contributed by atoms with E-state index in [0.29, 0.717) is 5.39 Å². The van der Waals surface area contributed by atoms with Crippen LogP contribution in [0.5, 0.6) is 0 Å². The first-order valence-electron chi connectivity index (χ1n) is 6.42. The van der Waals surface area contributed by atoms with Crippen molar-refractivity contribution < 1.29 is 9.29 Å². The third-order valence-electron chi connectivity index (χ3n) is 3.67. The summed E-state index contributed by atoms with van der Waals surface area (Å²) in [5, 5.41) is 2.40. The van der Waals surface area contributed by atoms with Gasteiger partial charge < -0.3 is 9.80 Å². The van der Waals surface area contributed by atoms with Crippen molar-refractivity contribution in [1.82, 2.24) is 0 Å². The highest BCUT2D eigenvalue weighted by Gasteiger charge is 2.20. The van der Waals surface area contributed by atoms with Crippen LogP contribution in [0.25, 0.3) is 10.1 Å². The highest BCUT2D eigenvalue weighted by atomic mass is 32.1. The number of quaternary nitrogens is 1. The van der Waals surface area contributed by atoms with Gasteiger partial charge in [0.25, 0.3) is 0 Å². The SMILES string of the molecule is C[NH+]1CCN(c2csc3ccc(F)cc3c2=O)CC1. The van der Waals surface area contributed by atoms with E-state index in [2.05, 4.69) is 11.9 Å². The Bertz CT molecular complexity index is 662. The Hall–Kier alpha value is -1.46. The molecular formula is C14H16FN2OS+. The van der Waals surface area contributed by atoms with E-state index in [4.69, 9.17) is 0 Å². The van der Waals surface area contributed by atoms with E-state index in [1.807, 2.05) is 5.38 Å². The van der Waals surface area contributed by atoms with Crippen LogP contribution in [0.3, 0.4) is 0 Å². The topological polar surface area (TPSA) is 24.8 Å². The monoisotopic (exact) mass is 279 g/mol. The smallest absolute Gasteiger partial charge is 0.211 e. The molecule has 1 aliphatic heterocycles. The van der Waals surface area contributed by atoms with E-state index in [9.17, 15) is 9.18 Å². The van der Waals surface area contributed by atoms with Gasteiger partial charge >= 0.3 is 0 Å². The Balaban J connectivity index is 2.05. The summed E-state index contributed by atoms with van der Waals surface area (Å²) in [6.07, 6.45) is 0. The molecule has 1 N–H and O–H groups in total. The van der Waals surface area contributed by atoms with Gasteiger partial charge in [0.1, 0.15) is 5.82 Å². The summed E-state index contributed by atoms with van der Waals surface area (Å²) in [5.41, 5.74) is 0.670. The number of halogens is 1. The number of likely N-dealkylation sites (N-methyl/N-ethyl adjacent to an activating group) is 1. The number of hydrogen-bond donors (Lipinski definition) is 1. The standard InChI is InChI=1S/C14H15FN2OS/c1-16-4-6-17(7-5-16)12-9-19-13-3-2-10(15)8-11(13)14(12)18/h2-3,8-9H,4-7H2,1H3/p+1. The average molecular weight is 279 g/mol. The van der Waals surface area contributed by atoms with Crippen molar-refractivity contribution in [3.8, 4) is 0 Å². The zero-order valence-electron chi connectivity index (χ0n) is 10.8. The van der Waals surface area contributed by atoms with E-state index in [0.717, 1.165) is 36.6 Å². The summed E-state index contributed by atoms with van der Waals surface area (Å²) >= 11 is 1.51. The number of hydrogen-bond acceptors (Lipinski definition) is 3. The molecule has 1 aliphatic rings. The van der Waals surface area contributed by atoms with Crippen LogP contribution in [0.1, 0.15) is 0 Å². The average Bonchev–Trinajstić information content (AvgIpc) is 2.41. The molecule has 3 rings (SSSR count). The fraction of sp³-hybridized carbons (Fsp3) is 0.357. The molecule has 0 saturated carbocycles. The number of piperazine rings is 1. The molecule has 0 atom stereocenters. The van der Waals surface area contributed by atoms with Crippen molar-refractivity contribution >= 4 is 27.1 Å². The molecule has 0 spiro atoms. The van der Waals surface area contributed by atoms with Crippen LogP contribution in [0.15, 0.2) is 28.4 Å². The van der Waals surface area contributed by atoms with Crippen LogP contribution in [0.2, 0.25) is 0 Å². The first-order chi connectivity index (χ1) is 9.15. The lowest BCUT2D eigenvalue weighted by molar-refractivity contribution is -0.880. The van der Waals surface area contributed by atoms with Crippen molar-refractivity contribution in [3.63, 3.8) is 0 Å². The second kappa shape index (κ2) is 4.90. The van der Waals surface area contributed by atoms with E-state index in [1.165, 1.54) is 28.4 Å².